The summed E-state index contributed by atoms with van der Waals surface area (Å²) in [6.07, 6.45) is 1.04. The molecule has 1 amide bonds. The molecule has 0 saturated heterocycles. The number of thiazole rings is 1. The molecule has 1 aromatic heterocycles. The first kappa shape index (κ1) is 17.0. The van der Waals surface area contributed by atoms with Crippen LogP contribution in [0.3, 0.4) is 0 Å². The SMILES string of the molecule is Nc1cccc(-c2csc(NC(=O)CCCOc3ccccc3)n2)c1. The number of nitrogens with zero attached hydrogens (tertiary/aromatic N) is 1. The Kier molecular flexibility index (Phi) is 5.64. The Labute approximate surface area is 150 Å². The number of carbonyl (C=O) groups excluding carboxylic acids is 1. The number of aromatic nitrogens is 1. The van der Waals surface area contributed by atoms with Crippen LogP contribution in [-0.2, 0) is 4.79 Å². The number of ether oxygens (including phenoxy) is 1. The minimum absolute atomic E-state index is 0.0647. The predicted molar refractivity (Wildman–Crippen MR) is 102 cm³/mol. The highest BCUT2D eigenvalue weighted by atomic mass is 32.1. The van der Waals surface area contributed by atoms with Gasteiger partial charge in [-0.25, -0.2) is 4.98 Å². The molecule has 3 aromatic rings. The highest BCUT2D eigenvalue weighted by Crippen LogP contribution is 2.26. The molecular formula is C19H19N3O2S. The largest absolute Gasteiger partial charge is 0.494 e. The Morgan fingerprint density at radius 3 is 2.80 bits per heavy atom. The second-order valence-corrected chi connectivity index (χ2v) is 6.33. The van der Waals surface area contributed by atoms with E-state index in [2.05, 4.69) is 10.3 Å². The molecule has 25 heavy (non-hydrogen) atoms. The topological polar surface area (TPSA) is 77.2 Å². The molecule has 128 valence electrons. The lowest BCUT2D eigenvalue weighted by Crippen LogP contribution is -2.12. The molecule has 3 N–H and O–H groups in total. The van der Waals surface area contributed by atoms with Crippen LogP contribution in [0.2, 0.25) is 0 Å². The first-order valence-corrected chi connectivity index (χ1v) is 8.88. The molecule has 0 radical (unpaired) electrons. The van der Waals surface area contributed by atoms with Gasteiger partial charge >= 0.3 is 0 Å². The first-order chi connectivity index (χ1) is 12.2. The van der Waals surface area contributed by atoms with Crippen LogP contribution in [0.1, 0.15) is 12.8 Å². The van der Waals surface area contributed by atoms with Gasteiger partial charge in [0, 0.05) is 23.1 Å². The number of nitrogens with one attached hydrogen (secondary N) is 1. The molecule has 0 aliphatic rings. The lowest BCUT2D eigenvalue weighted by atomic mass is 10.1. The molecule has 0 fully saturated rings. The highest BCUT2D eigenvalue weighted by Gasteiger charge is 2.08. The summed E-state index contributed by atoms with van der Waals surface area (Å²) >= 11 is 1.40. The van der Waals surface area contributed by atoms with E-state index in [0.717, 1.165) is 17.0 Å². The molecule has 0 aliphatic heterocycles. The molecule has 0 aliphatic carbocycles. The minimum Gasteiger partial charge on any atom is -0.494 e. The van der Waals surface area contributed by atoms with E-state index < -0.39 is 0 Å². The number of rotatable bonds is 7. The van der Waals surface area contributed by atoms with Crippen LogP contribution >= 0.6 is 11.3 Å². The molecule has 0 bridgehead atoms. The van der Waals surface area contributed by atoms with Crippen molar-refractivity contribution >= 4 is 28.1 Å². The molecular weight excluding hydrogens is 334 g/mol. The van der Waals surface area contributed by atoms with Gasteiger partial charge < -0.3 is 15.8 Å². The summed E-state index contributed by atoms with van der Waals surface area (Å²) in [5.41, 5.74) is 8.22. The van der Waals surface area contributed by atoms with Crippen molar-refractivity contribution < 1.29 is 9.53 Å². The molecule has 0 saturated carbocycles. The third-order valence-electron chi connectivity index (χ3n) is 3.49. The van der Waals surface area contributed by atoms with Gasteiger partial charge in [-0.05, 0) is 30.7 Å². The number of anilines is 2. The van der Waals surface area contributed by atoms with Crippen molar-refractivity contribution in [2.45, 2.75) is 12.8 Å². The van der Waals surface area contributed by atoms with E-state index in [0.29, 0.717) is 30.3 Å². The van der Waals surface area contributed by atoms with Gasteiger partial charge in [0.2, 0.25) is 5.91 Å². The standard InChI is InChI=1S/C19H19N3O2S/c20-15-7-4-6-14(12-15)17-13-25-19(21-17)22-18(23)10-5-11-24-16-8-2-1-3-9-16/h1-4,6-9,12-13H,5,10-11,20H2,(H,21,22,23). The van der Waals surface area contributed by atoms with Gasteiger partial charge in [-0.3, -0.25) is 4.79 Å². The van der Waals surface area contributed by atoms with Crippen molar-refractivity contribution in [2.24, 2.45) is 0 Å². The van der Waals surface area contributed by atoms with E-state index in [1.54, 1.807) is 0 Å². The zero-order valence-corrected chi connectivity index (χ0v) is 14.5. The maximum Gasteiger partial charge on any atom is 0.226 e. The Hall–Kier alpha value is -2.86. The van der Waals surface area contributed by atoms with Crippen molar-refractivity contribution in [1.82, 2.24) is 4.98 Å². The minimum atomic E-state index is -0.0647. The van der Waals surface area contributed by atoms with Crippen molar-refractivity contribution in [2.75, 3.05) is 17.7 Å². The summed E-state index contributed by atoms with van der Waals surface area (Å²) in [4.78, 5) is 16.4. The lowest BCUT2D eigenvalue weighted by Gasteiger charge is -2.05. The number of hydrogen-bond donors (Lipinski definition) is 2. The van der Waals surface area contributed by atoms with Crippen LogP contribution in [0.5, 0.6) is 5.75 Å². The normalized spacial score (nSPS) is 10.4. The summed E-state index contributed by atoms with van der Waals surface area (Å²) in [7, 11) is 0. The van der Waals surface area contributed by atoms with Crippen LogP contribution in [0.15, 0.2) is 60.0 Å². The first-order valence-electron chi connectivity index (χ1n) is 8.00. The van der Waals surface area contributed by atoms with Crippen LogP contribution in [-0.4, -0.2) is 17.5 Å². The van der Waals surface area contributed by atoms with E-state index in [-0.39, 0.29) is 5.91 Å². The smallest absolute Gasteiger partial charge is 0.226 e. The quantitative estimate of drug-likeness (QED) is 0.493. The number of para-hydroxylation sites is 1. The zero-order chi connectivity index (χ0) is 17.5. The molecule has 0 unspecified atom stereocenters. The average Bonchev–Trinajstić information content (AvgIpc) is 3.08. The van der Waals surface area contributed by atoms with E-state index in [1.165, 1.54) is 11.3 Å². The second-order valence-electron chi connectivity index (χ2n) is 5.48. The van der Waals surface area contributed by atoms with Gasteiger partial charge in [-0.15, -0.1) is 11.3 Å². The summed E-state index contributed by atoms with van der Waals surface area (Å²) in [6.45, 7) is 0.504. The monoisotopic (exact) mass is 353 g/mol. The Morgan fingerprint density at radius 1 is 1.16 bits per heavy atom. The Morgan fingerprint density at radius 2 is 2.00 bits per heavy atom. The van der Waals surface area contributed by atoms with Crippen LogP contribution in [0.25, 0.3) is 11.3 Å². The van der Waals surface area contributed by atoms with Gasteiger partial charge in [-0.1, -0.05) is 30.3 Å². The summed E-state index contributed by atoms with van der Waals surface area (Å²) < 4.78 is 5.57. The number of nitrogens with two attached hydrogens (primary N) is 1. The molecule has 1 heterocycles. The fourth-order valence-electron chi connectivity index (χ4n) is 2.28. The Bertz CT molecular complexity index is 833. The summed E-state index contributed by atoms with van der Waals surface area (Å²) in [5, 5.41) is 5.32. The fraction of sp³-hybridized carbons (Fsp3) is 0.158. The molecule has 0 spiro atoms. The number of benzene rings is 2. The predicted octanol–water partition coefficient (Wildman–Crippen LogP) is 4.19. The van der Waals surface area contributed by atoms with Crippen LogP contribution in [0, 0.1) is 0 Å². The van der Waals surface area contributed by atoms with Gasteiger partial charge in [0.25, 0.3) is 0 Å². The number of nitrogen functional groups attached to an aromatic ring is 1. The number of amides is 1. The molecule has 0 atom stereocenters. The van der Waals surface area contributed by atoms with Gasteiger partial charge in [-0.2, -0.15) is 0 Å². The molecule has 6 heteroatoms. The maximum atomic E-state index is 12.0. The van der Waals surface area contributed by atoms with Crippen molar-refractivity contribution in [3.05, 3.63) is 60.0 Å². The molecule has 2 aromatic carbocycles. The average molecular weight is 353 g/mol. The van der Waals surface area contributed by atoms with E-state index in [1.807, 2.05) is 60.0 Å². The van der Waals surface area contributed by atoms with Gasteiger partial charge in [0.15, 0.2) is 5.13 Å². The molecule has 3 rings (SSSR count). The van der Waals surface area contributed by atoms with Crippen LogP contribution in [0.4, 0.5) is 10.8 Å². The van der Waals surface area contributed by atoms with Crippen molar-refractivity contribution in [3.63, 3.8) is 0 Å². The summed E-state index contributed by atoms with van der Waals surface area (Å²) in [6, 6.07) is 17.1. The summed E-state index contributed by atoms with van der Waals surface area (Å²) in [5.74, 6) is 0.750. The lowest BCUT2D eigenvalue weighted by molar-refractivity contribution is -0.116. The highest BCUT2D eigenvalue weighted by molar-refractivity contribution is 7.14. The van der Waals surface area contributed by atoms with Crippen molar-refractivity contribution in [1.29, 1.82) is 0 Å². The van der Waals surface area contributed by atoms with E-state index >= 15 is 0 Å². The maximum absolute atomic E-state index is 12.0. The third-order valence-corrected chi connectivity index (χ3v) is 4.25. The molecule has 5 nitrogen and oxygen atoms in total. The second kappa shape index (κ2) is 8.30. The number of hydrogen-bond acceptors (Lipinski definition) is 5. The van der Waals surface area contributed by atoms with Crippen molar-refractivity contribution in [3.8, 4) is 17.0 Å². The third kappa shape index (κ3) is 5.06. The van der Waals surface area contributed by atoms with Crippen LogP contribution < -0.4 is 15.8 Å². The van der Waals surface area contributed by atoms with Gasteiger partial charge in [0.1, 0.15) is 5.75 Å². The van der Waals surface area contributed by atoms with E-state index in [4.69, 9.17) is 10.5 Å². The number of carbonyl (C=O) groups is 1. The van der Waals surface area contributed by atoms with E-state index in [9.17, 15) is 4.79 Å². The fourth-order valence-corrected chi connectivity index (χ4v) is 3.02. The van der Waals surface area contributed by atoms with Gasteiger partial charge in [0.05, 0.1) is 12.3 Å². The zero-order valence-electron chi connectivity index (χ0n) is 13.6. The Balaban J connectivity index is 1.45.